The van der Waals surface area contributed by atoms with Crippen LogP contribution in [0.3, 0.4) is 0 Å². The number of thiazole rings is 1. The van der Waals surface area contributed by atoms with Gasteiger partial charge in [0.2, 0.25) is 0 Å². The van der Waals surface area contributed by atoms with Gasteiger partial charge in [0.05, 0.1) is 23.8 Å². The van der Waals surface area contributed by atoms with Crippen molar-refractivity contribution >= 4 is 17.4 Å². The van der Waals surface area contributed by atoms with Crippen molar-refractivity contribution in [3.63, 3.8) is 0 Å². The van der Waals surface area contributed by atoms with Gasteiger partial charge in [-0.25, -0.2) is 9.78 Å². The molecule has 1 atom stereocenters. The van der Waals surface area contributed by atoms with Crippen LogP contribution in [0.4, 0.5) is 4.79 Å². The average molecular weight is 335 g/mol. The van der Waals surface area contributed by atoms with Crippen LogP contribution in [0.25, 0.3) is 0 Å². The van der Waals surface area contributed by atoms with Gasteiger partial charge in [0.1, 0.15) is 18.1 Å². The lowest BCUT2D eigenvalue weighted by atomic mass is 10.2. The number of carbonyl (C=O) groups excluding carboxylic acids is 1. The van der Waals surface area contributed by atoms with Crippen LogP contribution in [0.15, 0.2) is 22.1 Å². The lowest BCUT2D eigenvalue weighted by molar-refractivity contribution is 0.156. The van der Waals surface area contributed by atoms with Crippen LogP contribution < -0.4 is 5.32 Å². The van der Waals surface area contributed by atoms with E-state index in [1.165, 1.54) is 0 Å². The third-order valence-electron chi connectivity index (χ3n) is 4.06. The van der Waals surface area contributed by atoms with Gasteiger partial charge in [-0.05, 0) is 31.9 Å². The normalized spacial score (nSPS) is 17.7. The molecule has 1 fully saturated rings. The molecule has 0 radical (unpaired) electrons. The second-order valence-corrected chi connectivity index (χ2v) is 6.55. The summed E-state index contributed by atoms with van der Waals surface area (Å²) in [5.41, 5.74) is 2.78. The number of amides is 2. The van der Waals surface area contributed by atoms with E-state index >= 15 is 0 Å². The Morgan fingerprint density at radius 3 is 3.17 bits per heavy atom. The Kier molecular flexibility index (Phi) is 4.97. The molecule has 1 aliphatic heterocycles. The third-order valence-corrected chi connectivity index (χ3v) is 4.99. The molecule has 1 N–H and O–H groups in total. The number of nitrogens with one attached hydrogen (secondary N) is 1. The van der Waals surface area contributed by atoms with Crippen molar-refractivity contribution in [2.24, 2.45) is 0 Å². The maximum atomic E-state index is 12.5. The summed E-state index contributed by atoms with van der Waals surface area (Å²) < 4.78 is 10.9. The summed E-state index contributed by atoms with van der Waals surface area (Å²) in [6, 6.07) is 3.81. The van der Waals surface area contributed by atoms with Gasteiger partial charge in [0.15, 0.2) is 0 Å². The maximum absolute atomic E-state index is 12.5. The summed E-state index contributed by atoms with van der Waals surface area (Å²) in [6.07, 6.45) is 1.91. The number of carbonyl (C=O) groups is 1. The predicted octanol–water partition coefficient (Wildman–Crippen LogP) is 3.24. The van der Waals surface area contributed by atoms with Gasteiger partial charge < -0.3 is 19.4 Å². The Morgan fingerprint density at radius 2 is 2.43 bits per heavy atom. The molecule has 0 bridgehead atoms. The van der Waals surface area contributed by atoms with Gasteiger partial charge in [-0.1, -0.05) is 0 Å². The van der Waals surface area contributed by atoms with Crippen LogP contribution >= 0.6 is 11.3 Å². The maximum Gasteiger partial charge on any atom is 0.318 e. The van der Waals surface area contributed by atoms with Gasteiger partial charge in [-0.3, -0.25) is 0 Å². The summed E-state index contributed by atoms with van der Waals surface area (Å²) in [4.78, 5) is 19.6. The first-order valence-corrected chi connectivity index (χ1v) is 8.58. The highest BCUT2D eigenvalue weighted by Crippen LogP contribution is 2.33. The predicted molar refractivity (Wildman–Crippen MR) is 87.2 cm³/mol. The average Bonchev–Trinajstić information content (AvgIpc) is 3.25. The van der Waals surface area contributed by atoms with Crippen LogP contribution in [0, 0.1) is 6.92 Å². The number of nitrogens with zero attached hydrogens (tertiary/aromatic N) is 2. The molecule has 3 heterocycles. The second-order valence-electron chi connectivity index (χ2n) is 5.61. The second kappa shape index (κ2) is 7.14. The number of hydrogen-bond donors (Lipinski definition) is 1. The molecule has 3 rings (SSSR count). The Balaban J connectivity index is 1.63. The largest absolute Gasteiger partial charge is 0.461 e. The molecular formula is C16H21N3O3S. The number of likely N-dealkylation sites (tertiary alicyclic amines) is 1. The van der Waals surface area contributed by atoms with Gasteiger partial charge in [0, 0.05) is 18.5 Å². The van der Waals surface area contributed by atoms with Crippen molar-refractivity contribution in [1.29, 1.82) is 0 Å². The number of methoxy groups -OCH3 is 1. The van der Waals surface area contributed by atoms with Crippen molar-refractivity contribution in [3.8, 4) is 0 Å². The number of aromatic nitrogens is 1. The molecular weight excluding hydrogens is 314 g/mol. The molecule has 124 valence electrons. The summed E-state index contributed by atoms with van der Waals surface area (Å²) >= 11 is 1.56. The molecule has 0 aliphatic carbocycles. The molecule has 2 aromatic heterocycles. The molecule has 0 saturated carbocycles. The zero-order valence-electron chi connectivity index (χ0n) is 13.4. The topological polar surface area (TPSA) is 67.6 Å². The van der Waals surface area contributed by atoms with Crippen molar-refractivity contribution in [3.05, 3.63) is 39.7 Å². The zero-order chi connectivity index (χ0) is 16.2. The first kappa shape index (κ1) is 16.0. The molecule has 0 aromatic carbocycles. The fraction of sp³-hybridized carbons (Fsp3) is 0.500. The van der Waals surface area contributed by atoms with Crippen LogP contribution in [0.1, 0.15) is 41.0 Å². The van der Waals surface area contributed by atoms with E-state index in [9.17, 15) is 4.79 Å². The molecule has 23 heavy (non-hydrogen) atoms. The van der Waals surface area contributed by atoms with Crippen LogP contribution in [-0.2, 0) is 17.9 Å². The summed E-state index contributed by atoms with van der Waals surface area (Å²) in [6.45, 7) is 3.67. The number of aryl methyl sites for hydroxylation is 1. The van der Waals surface area contributed by atoms with Crippen molar-refractivity contribution < 1.29 is 13.9 Å². The van der Waals surface area contributed by atoms with E-state index in [0.29, 0.717) is 13.2 Å². The molecule has 7 heteroatoms. The van der Waals surface area contributed by atoms with Gasteiger partial charge in [0.25, 0.3) is 0 Å². The van der Waals surface area contributed by atoms with E-state index in [0.717, 1.165) is 41.5 Å². The standard InChI is InChI=1S/C16H21N3O3S/c1-11-15(23-10-18-11)8-17-16(20)19-7-3-4-13(19)14-6-5-12(22-14)9-21-2/h5-6,10,13H,3-4,7-9H2,1-2H3,(H,17,20)/t13-/m1/s1. The fourth-order valence-corrected chi connectivity index (χ4v) is 3.57. The third kappa shape index (κ3) is 3.56. The molecule has 2 aromatic rings. The first-order chi connectivity index (χ1) is 11.2. The van der Waals surface area contributed by atoms with E-state index in [-0.39, 0.29) is 12.1 Å². The molecule has 1 aliphatic rings. The number of ether oxygens (including phenoxy) is 1. The lowest BCUT2D eigenvalue weighted by Gasteiger charge is -2.23. The van der Waals surface area contributed by atoms with Crippen LogP contribution in [0.5, 0.6) is 0 Å². The molecule has 1 saturated heterocycles. The Morgan fingerprint density at radius 1 is 1.57 bits per heavy atom. The molecule has 6 nitrogen and oxygen atoms in total. The molecule has 2 amide bonds. The van der Waals surface area contributed by atoms with Crippen molar-refractivity contribution in [1.82, 2.24) is 15.2 Å². The van der Waals surface area contributed by atoms with Gasteiger partial charge in [-0.2, -0.15) is 0 Å². The smallest absolute Gasteiger partial charge is 0.318 e. The summed E-state index contributed by atoms with van der Waals surface area (Å²) in [5, 5.41) is 2.99. The van der Waals surface area contributed by atoms with Gasteiger partial charge in [-0.15, -0.1) is 11.3 Å². The lowest BCUT2D eigenvalue weighted by Crippen LogP contribution is -2.39. The first-order valence-electron chi connectivity index (χ1n) is 7.70. The van der Waals surface area contributed by atoms with E-state index < -0.39 is 0 Å². The van der Waals surface area contributed by atoms with Crippen LogP contribution in [-0.4, -0.2) is 29.6 Å². The highest BCUT2D eigenvalue weighted by Gasteiger charge is 2.32. The number of urea groups is 1. The minimum absolute atomic E-state index is 0.00293. The number of hydrogen-bond acceptors (Lipinski definition) is 5. The van der Waals surface area contributed by atoms with E-state index in [1.807, 2.05) is 24.0 Å². The van der Waals surface area contributed by atoms with Crippen LogP contribution in [0.2, 0.25) is 0 Å². The minimum Gasteiger partial charge on any atom is -0.461 e. The van der Waals surface area contributed by atoms with E-state index in [1.54, 1.807) is 24.0 Å². The Hall–Kier alpha value is -1.86. The Bertz CT molecular complexity index is 667. The Labute approximate surface area is 139 Å². The number of furan rings is 1. The highest BCUT2D eigenvalue weighted by atomic mass is 32.1. The molecule has 0 unspecified atom stereocenters. The van der Waals surface area contributed by atoms with Crippen molar-refractivity contribution in [2.75, 3.05) is 13.7 Å². The quantitative estimate of drug-likeness (QED) is 0.911. The van der Waals surface area contributed by atoms with Gasteiger partial charge >= 0.3 is 6.03 Å². The van der Waals surface area contributed by atoms with Crippen molar-refractivity contribution in [2.45, 2.75) is 39.0 Å². The summed E-state index contributed by atoms with van der Waals surface area (Å²) in [7, 11) is 1.64. The zero-order valence-corrected chi connectivity index (χ0v) is 14.2. The molecule has 0 spiro atoms. The number of rotatable bonds is 5. The fourth-order valence-electron chi connectivity index (χ4n) is 2.85. The monoisotopic (exact) mass is 335 g/mol. The minimum atomic E-state index is -0.0509. The highest BCUT2D eigenvalue weighted by molar-refractivity contribution is 7.09. The van der Waals surface area contributed by atoms with E-state index in [4.69, 9.17) is 9.15 Å². The summed E-state index contributed by atoms with van der Waals surface area (Å²) in [5.74, 6) is 1.62. The van der Waals surface area contributed by atoms with E-state index in [2.05, 4.69) is 10.3 Å². The SMILES string of the molecule is COCc1ccc([C@H]2CCCN2C(=O)NCc2scnc2C)o1.